The molecule has 6 atom stereocenters. The summed E-state index contributed by atoms with van der Waals surface area (Å²) in [6.45, 7) is 3.47. The summed E-state index contributed by atoms with van der Waals surface area (Å²) in [4.78, 5) is 39.9. The van der Waals surface area contributed by atoms with Crippen LogP contribution in [0.2, 0.25) is 0 Å². The van der Waals surface area contributed by atoms with Gasteiger partial charge in [0.05, 0.1) is 25.5 Å². The van der Waals surface area contributed by atoms with Crippen molar-refractivity contribution in [3.05, 3.63) is 12.7 Å². The molecule has 248 valence electrons. The number of nitrogens with zero attached hydrogens (tertiary/aromatic N) is 3. The van der Waals surface area contributed by atoms with Crippen molar-refractivity contribution in [2.45, 2.75) is 128 Å². The Bertz CT molecular complexity index is 1130. The topological polar surface area (TPSA) is 215 Å². The lowest BCUT2D eigenvalue weighted by Gasteiger charge is -2.44. The first-order chi connectivity index (χ1) is 21.2. The predicted octanol–water partition coefficient (Wildman–Crippen LogP) is 1.50. The van der Waals surface area contributed by atoms with E-state index in [0.29, 0.717) is 17.6 Å². The Kier molecular flexibility index (Phi) is 15.2. The van der Waals surface area contributed by atoms with Gasteiger partial charge in [0, 0.05) is 6.42 Å². The fourth-order valence-corrected chi connectivity index (χ4v) is 5.41. The number of H-pyrrole nitrogens is 1. The molecule has 1 unspecified atom stereocenters. The van der Waals surface area contributed by atoms with Gasteiger partial charge in [-0.1, -0.05) is 78.1 Å². The molecule has 14 nitrogen and oxygen atoms in total. The van der Waals surface area contributed by atoms with Crippen molar-refractivity contribution in [1.82, 2.24) is 30.6 Å². The van der Waals surface area contributed by atoms with Crippen LogP contribution in [0.15, 0.2) is 12.7 Å². The van der Waals surface area contributed by atoms with Crippen LogP contribution in [-0.4, -0.2) is 102 Å². The van der Waals surface area contributed by atoms with Crippen LogP contribution in [0.3, 0.4) is 0 Å². The highest BCUT2D eigenvalue weighted by molar-refractivity contribution is 5.85. The summed E-state index contributed by atoms with van der Waals surface area (Å²) >= 11 is 0. The van der Waals surface area contributed by atoms with Gasteiger partial charge in [0.2, 0.25) is 11.8 Å². The van der Waals surface area contributed by atoms with Crippen molar-refractivity contribution in [1.29, 1.82) is 0 Å². The molecule has 2 amide bonds. The number of carbonyl (C=O) groups excluding carboxylic acids is 2. The normalized spacial score (nSPS) is 22.7. The van der Waals surface area contributed by atoms with Crippen LogP contribution in [0, 0.1) is 5.92 Å². The molecular weight excluding hydrogens is 570 g/mol. The molecule has 0 saturated carbocycles. The summed E-state index contributed by atoms with van der Waals surface area (Å²) in [5.41, 5.74) is 0.794. The molecule has 2 aromatic heterocycles. The van der Waals surface area contributed by atoms with Gasteiger partial charge in [-0.25, -0.2) is 15.0 Å². The highest BCUT2D eigenvalue weighted by atomic mass is 16.5. The molecule has 1 saturated heterocycles. The number of nitrogens with one attached hydrogen (secondary N) is 4. The second-order valence-corrected chi connectivity index (χ2v) is 12.1. The zero-order chi connectivity index (χ0) is 31.9. The molecule has 0 aliphatic carbocycles. The van der Waals surface area contributed by atoms with Crippen molar-refractivity contribution in [3.63, 3.8) is 0 Å². The minimum atomic E-state index is -1.59. The van der Waals surface area contributed by atoms with Gasteiger partial charge in [0.25, 0.3) is 0 Å². The number of fused-ring (bicyclic) bond motifs is 1. The van der Waals surface area contributed by atoms with Crippen molar-refractivity contribution in [3.8, 4) is 0 Å². The number of carbonyl (C=O) groups is 2. The van der Waals surface area contributed by atoms with Gasteiger partial charge >= 0.3 is 0 Å². The number of aromatic nitrogens is 4. The first kappa shape index (κ1) is 35.6. The molecule has 3 rings (SSSR count). The minimum absolute atomic E-state index is 0.231. The van der Waals surface area contributed by atoms with E-state index < -0.39 is 49.2 Å². The van der Waals surface area contributed by atoms with Crippen LogP contribution in [0.4, 0.5) is 5.82 Å². The minimum Gasteiger partial charge on any atom is -0.394 e. The van der Waals surface area contributed by atoms with E-state index in [4.69, 9.17) is 4.74 Å². The third-order valence-corrected chi connectivity index (χ3v) is 7.96. The lowest BCUT2D eigenvalue weighted by atomic mass is 9.92. The summed E-state index contributed by atoms with van der Waals surface area (Å²) in [6, 6.07) is -1.27. The van der Waals surface area contributed by atoms with E-state index in [-0.39, 0.29) is 18.3 Å². The maximum atomic E-state index is 12.6. The fraction of sp³-hybridized carbons (Fsp3) is 0.767. The Hall–Kier alpha value is -2.91. The molecular formula is C30H51N7O7. The monoisotopic (exact) mass is 621 g/mol. The number of aliphatic hydroxyl groups excluding tert-OH is 4. The Morgan fingerprint density at radius 3 is 2.25 bits per heavy atom. The van der Waals surface area contributed by atoms with Crippen LogP contribution in [0.25, 0.3) is 11.2 Å². The number of imidazole rings is 1. The van der Waals surface area contributed by atoms with E-state index in [1.807, 2.05) is 0 Å². The van der Waals surface area contributed by atoms with E-state index in [1.165, 1.54) is 57.6 Å². The van der Waals surface area contributed by atoms with Crippen LogP contribution < -0.4 is 16.0 Å². The zero-order valence-corrected chi connectivity index (χ0v) is 26.0. The average Bonchev–Trinajstić information content (AvgIpc) is 3.50. The number of hydrogen-bond donors (Lipinski definition) is 8. The summed E-state index contributed by atoms with van der Waals surface area (Å²) < 4.78 is 5.79. The average molecular weight is 622 g/mol. The Balaban J connectivity index is 1.35. The van der Waals surface area contributed by atoms with Gasteiger partial charge in [0.1, 0.15) is 36.3 Å². The van der Waals surface area contributed by atoms with E-state index in [1.54, 1.807) is 0 Å². The van der Waals surface area contributed by atoms with E-state index in [9.17, 15) is 30.0 Å². The number of anilines is 1. The number of unbranched alkanes of at least 4 members (excludes halogenated alkanes) is 9. The van der Waals surface area contributed by atoms with Crippen molar-refractivity contribution in [2.75, 3.05) is 18.5 Å². The molecule has 0 aromatic carbocycles. The van der Waals surface area contributed by atoms with Crippen LogP contribution in [0.5, 0.6) is 0 Å². The lowest BCUT2D eigenvalue weighted by Crippen LogP contribution is -2.68. The smallest absolute Gasteiger partial charge is 0.239 e. The fourth-order valence-electron chi connectivity index (χ4n) is 5.41. The largest absolute Gasteiger partial charge is 0.394 e. The predicted molar refractivity (Wildman–Crippen MR) is 164 cm³/mol. The molecule has 44 heavy (non-hydrogen) atoms. The van der Waals surface area contributed by atoms with E-state index in [2.05, 4.69) is 49.7 Å². The summed E-state index contributed by atoms with van der Waals surface area (Å²) in [6.07, 6.45) is 8.79. The second kappa shape index (κ2) is 18.8. The van der Waals surface area contributed by atoms with Crippen molar-refractivity contribution < 1.29 is 34.8 Å². The molecule has 0 bridgehead atoms. The van der Waals surface area contributed by atoms with Gasteiger partial charge < -0.3 is 46.1 Å². The molecule has 2 aromatic rings. The van der Waals surface area contributed by atoms with Gasteiger partial charge in [-0.05, 0) is 12.3 Å². The SMILES string of the molecule is CC(C)CCCCCCCCCCCCC(=O)NCC(=O)N[C@@H]1[C@@H](O)[C@H](O)[C@@H](Nc2ncnc3nc[nH]c23)O[C@H]1C(O)CO. The number of amides is 2. The molecule has 0 spiro atoms. The maximum absolute atomic E-state index is 12.6. The van der Waals surface area contributed by atoms with Gasteiger partial charge in [-0.15, -0.1) is 0 Å². The number of hydrogen-bond acceptors (Lipinski definition) is 11. The van der Waals surface area contributed by atoms with E-state index in [0.717, 1.165) is 31.6 Å². The standard InChI is InChI=1S/C30H51N7O7/c1-19(2)13-11-9-7-5-3-4-6-8-10-12-14-21(40)31-15-22(41)36-23-25(42)26(43)30(44-27(23)20(39)16-38)37-29-24-28(33-17-32-24)34-18-35-29/h17-20,23,25-27,30,38-39,42-43H,3-16H2,1-2H3,(H,31,40)(H,36,41)(H2,32,33,34,35,37)/t20?,23-,25-,26+,27+,30+/m1/s1. The zero-order valence-electron chi connectivity index (χ0n) is 26.0. The molecule has 0 radical (unpaired) electrons. The number of aliphatic hydroxyl groups is 4. The summed E-state index contributed by atoms with van der Waals surface area (Å²) in [5.74, 6) is 0.126. The third kappa shape index (κ3) is 11.2. The highest BCUT2D eigenvalue weighted by Gasteiger charge is 2.48. The number of ether oxygens (including phenoxy) is 1. The highest BCUT2D eigenvalue weighted by Crippen LogP contribution is 2.26. The molecule has 1 aliphatic heterocycles. The molecule has 14 heteroatoms. The first-order valence-corrected chi connectivity index (χ1v) is 16.0. The Morgan fingerprint density at radius 2 is 1.59 bits per heavy atom. The van der Waals surface area contributed by atoms with Crippen LogP contribution >= 0.6 is 0 Å². The summed E-state index contributed by atoms with van der Waals surface area (Å²) in [7, 11) is 0. The van der Waals surface area contributed by atoms with Crippen molar-refractivity contribution >= 4 is 28.8 Å². The van der Waals surface area contributed by atoms with Crippen LogP contribution in [0.1, 0.15) is 90.9 Å². The number of aromatic amines is 1. The van der Waals surface area contributed by atoms with Crippen molar-refractivity contribution in [2.24, 2.45) is 5.92 Å². The van der Waals surface area contributed by atoms with Gasteiger partial charge in [-0.3, -0.25) is 9.59 Å². The van der Waals surface area contributed by atoms with Gasteiger partial charge in [0.15, 0.2) is 17.7 Å². The second-order valence-electron chi connectivity index (χ2n) is 12.1. The van der Waals surface area contributed by atoms with E-state index >= 15 is 0 Å². The molecule has 8 N–H and O–H groups in total. The molecule has 3 heterocycles. The first-order valence-electron chi connectivity index (χ1n) is 16.0. The Morgan fingerprint density at radius 1 is 0.932 bits per heavy atom. The quantitative estimate of drug-likeness (QED) is 0.0992. The Labute approximate surface area is 258 Å². The van der Waals surface area contributed by atoms with Gasteiger partial charge in [-0.2, -0.15) is 0 Å². The third-order valence-electron chi connectivity index (χ3n) is 7.96. The maximum Gasteiger partial charge on any atom is 0.239 e. The molecule has 1 aliphatic rings. The lowest BCUT2D eigenvalue weighted by molar-refractivity contribution is -0.204. The molecule has 1 fully saturated rings. The van der Waals surface area contributed by atoms with Crippen LogP contribution in [-0.2, 0) is 14.3 Å². The summed E-state index contributed by atoms with van der Waals surface area (Å²) in [5, 5.41) is 49.6. The number of rotatable bonds is 20.